The van der Waals surface area contributed by atoms with Crippen molar-refractivity contribution < 1.29 is 0 Å². The lowest BCUT2D eigenvalue weighted by atomic mass is 10.2. The van der Waals surface area contributed by atoms with Gasteiger partial charge in [-0.05, 0) is 35.7 Å². The Labute approximate surface area is 130 Å². The van der Waals surface area contributed by atoms with E-state index >= 15 is 0 Å². The van der Waals surface area contributed by atoms with Crippen LogP contribution in [0.4, 0.5) is 5.82 Å². The van der Waals surface area contributed by atoms with Crippen LogP contribution in [-0.2, 0) is 12.4 Å². The molecule has 2 heterocycles. The number of halogens is 1. The van der Waals surface area contributed by atoms with Crippen LogP contribution in [0.5, 0.6) is 0 Å². The molecular formula is C16H17ClN4. The van der Waals surface area contributed by atoms with Gasteiger partial charge in [0.15, 0.2) is 0 Å². The molecule has 5 heteroatoms. The van der Waals surface area contributed by atoms with Crippen molar-refractivity contribution in [1.82, 2.24) is 9.97 Å². The van der Waals surface area contributed by atoms with E-state index in [2.05, 4.69) is 20.9 Å². The summed E-state index contributed by atoms with van der Waals surface area (Å²) in [6, 6.07) is 8.16. The number of alkyl halides is 1. The molecule has 0 aliphatic rings. The Balaban J connectivity index is 2.25. The number of nitrogens with zero attached hydrogens (tertiary/aromatic N) is 4. The normalized spacial score (nSPS) is 10.1. The van der Waals surface area contributed by atoms with Crippen molar-refractivity contribution in [3.8, 4) is 6.07 Å². The third-order valence-electron chi connectivity index (χ3n) is 3.15. The van der Waals surface area contributed by atoms with Gasteiger partial charge in [-0.2, -0.15) is 5.26 Å². The van der Waals surface area contributed by atoms with Crippen LogP contribution in [-0.4, -0.2) is 16.5 Å². The molecule has 2 rings (SSSR count). The minimum absolute atomic E-state index is 0.453. The molecule has 0 aromatic carbocycles. The summed E-state index contributed by atoms with van der Waals surface area (Å²) >= 11 is 5.84. The molecule has 0 aliphatic carbocycles. The van der Waals surface area contributed by atoms with E-state index in [1.54, 1.807) is 12.4 Å². The summed E-state index contributed by atoms with van der Waals surface area (Å²) in [7, 11) is 0. The molecule has 4 nitrogen and oxygen atoms in total. The standard InChI is InChI=1S/C16H17ClN4/c1-13-8-15(9-17)11-20-16(13)21(7-3-5-18)12-14-4-2-6-19-10-14/h2,4,6,8,10-11H,3,7,9,12H2,1H3. The average molecular weight is 301 g/mol. The Kier molecular flexibility index (Phi) is 5.53. The third kappa shape index (κ3) is 4.17. The summed E-state index contributed by atoms with van der Waals surface area (Å²) in [5.74, 6) is 1.34. The first-order valence-electron chi connectivity index (χ1n) is 6.77. The molecule has 0 saturated carbocycles. The number of anilines is 1. The molecule has 2 aromatic heterocycles. The van der Waals surface area contributed by atoms with E-state index in [4.69, 9.17) is 16.9 Å². The van der Waals surface area contributed by atoms with Gasteiger partial charge in [0, 0.05) is 37.6 Å². The molecule has 0 radical (unpaired) electrons. The van der Waals surface area contributed by atoms with E-state index in [0.717, 1.165) is 22.5 Å². The van der Waals surface area contributed by atoms with Gasteiger partial charge in [0.2, 0.25) is 0 Å². The number of aromatic nitrogens is 2. The lowest BCUT2D eigenvalue weighted by Crippen LogP contribution is -2.25. The zero-order valence-corrected chi connectivity index (χ0v) is 12.7. The molecule has 0 N–H and O–H groups in total. The molecule has 2 aromatic rings. The second-order valence-electron chi connectivity index (χ2n) is 4.81. The number of pyridine rings is 2. The van der Waals surface area contributed by atoms with E-state index in [1.807, 2.05) is 31.3 Å². The largest absolute Gasteiger partial charge is 0.351 e. The number of hydrogen-bond donors (Lipinski definition) is 0. The van der Waals surface area contributed by atoms with Crippen molar-refractivity contribution in [3.05, 3.63) is 53.5 Å². The molecule has 108 valence electrons. The van der Waals surface area contributed by atoms with Crippen molar-refractivity contribution in [3.63, 3.8) is 0 Å². The Bertz CT molecular complexity index is 622. The van der Waals surface area contributed by atoms with Gasteiger partial charge < -0.3 is 4.90 Å². The summed E-state index contributed by atoms with van der Waals surface area (Å²) in [6.07, 6.45) is 5.83. The van der Waals surface area contributed by atoms with Gasteiger partial charge in [-0.3, -0.25) is 4.98 Å². The Morgan fingerprint density at radius 2 is 2.19 bits per heavy atom. The first-order chi connectivity index (χ1) is 10.2. The van der Waals surface area contributed by atoms with Gasteiger partial charge in [-0.15, -0.1) is 11.6 Å². The third-order valence-corrected chi connectivity index (χ3v) is 3.46. The lowest BCUT2D eigenvalue weighted by molar-refractivity contribution is 0.775. The maximum absolute atomic E-state index is 8.85. The molecule has 0 aliphatic heterocycles. The fourth-order valence-electron chi connectivity index (χ4n) is 2.19. The Hall–Kier alpha value is -2.12. The highest BCUT2D eigenvalue weighted by Gasteiger charge is 2.12. The smallest absolute Gasteiger partial charge is 0.131 e. The summed E-state index contributed by atoms with van der Waals surface area (Å²) in [4.78, 5) is 10.7. The van der Waals surface area contributed by atoms with Gasteiger partial charge in [0.1, 0.15) is 5.82 Å². The van der Waals surface area contributed by atoms with Gasteiger partial charge >= 0.3 is 0 Å². The molecule has 0 bridgehead atoms. The van der Waals surface area contributed by atoms with Crippen molar-refractivity contribution >= 4 is 17.4 Å². The van der Waals surface area contributed by atoms with Gasteiger partial charge in [0.05, 0.1) is 12.5 Å². The lowest BCUT2D eigenvalue weighted by Gasteiger charge is -2.24. The van der Waals surface area contributed by atoms with Crippen molar-refractivity contribution in [2.75, 3.05) is 11.4 Å². The average Bonchev–Trinajstić information content (AvgIpc) is 2.52. The van der Waals surface area contributed by atoms with Crippen LogP contribution in [0, 0.1) is 18.3 Å². The van der Waals surface area contributed by atoms with Gasteiger partial charge in [-0.25, -0.2) is 4.98 Å². The second kappa shape index (κ2) is 7.61. The first kappa shape index (κ1) is 15.3. The predicted molar refractivity (Wildman–Crippen MR) is 84.0 cm³/mol. The zero-order valence-electron chi connectivity index (χ0n) is 12.0. The fraction of sp³-hybridized carbons (Fsp3) is 0.312. The summed E-state index contributed by atoms with van der Waals surface area (Å²) in [5, 5.41) is 8.85. The van der Waals surface area contributed by atoms with Crippen LogP contribution in [0.3, 0.4) is 0 Å². The maximum atomic E-state index is 8.85. The van der Waals surface area contributed by atoms with Crippen molar-refractivity contribution in [2.24, 2.45) is 0 Å². The van der Waals surface area contributed by atoms with Crippen LogP contribution in [0.15, 0.2) is 36.8 Å². The first-order valence-corrected chi connectivity index (χ1v) is 7.30. The SMILES string of the molecule is Cc1cc(CCl)cnc1N(CCC#N)Cc1cccnc1. The van der Waals surface area contributed by atoms with Gasteiger partial charge in [-0.1, -0.05) is 6.07 Å². The zero-order chi connectivity index (χ0) is 15.1. The summed E-state index contributed by atoms with van der Waals surface area (Å²) < 4.78 is 0. The Morgan fingerprint density at radius 1 is 1.33 bits per heavy atom. The van der Waals surface area contributed by atoms with Crippen molar-refractivity contribution in [1.29, 1.82) is 5.26 Å². The van der Waals surface area contributed by atoms with Gasteiger partial charge in [0.25, 0.3) is 0 Å². The number of hydrogen-bond acceptors (Lipinski definition) is 4. The number of rotatable bonds is 6. The molecule has 0 fully saturated rings. The molecule has 0 atom stereocenters. The quantitative estimate of drug-likeness (QED) is 0.767. The molecule has 0 saturated heterocycles. The molecule has 0 amide bonds. The van der Waals surface area contributed by atoms with Crippen LogP contribution in [0.1, 0.15) is 23.1 Å². The predicted octanol–water partition coefficient (Wildman–Crippen LogP) is 3.44. The molecule has 0 unspecified atom stereocenters. The topological polar surface area (TPSA) is 52.8 Å². The van der Waals surface area contributed by atoms with E-state index in [0.29, 0.717) is 25.4 Å². The highest BCUT2D eigenvalue weighted by atomic mass is 35.5. The fourth-order valence-corrected chi connectivity index (χ4v) is 2.33. The monoisotopic (exact) mass is 300 g/mol. The van der Waals surface area contributed by atoms with E-state index in [9.17, 15) is 0 Å². The number of aryl methyl sites for hydroxylation is 1. The van der Waals surface area contributed by atoms with Crippen LogP contribution >= 0.6 is 11.6 Å². The highest BCUT2D eigenvalue weighted by Crippen LogP contribution is 2.21. The Morgan fingerprint density at radius 3 is 2.81 bits per heavy atom. The number of nitriles is 1. The minimum atomic E-state index is 0.453. The van der Waals surface area contributed by atoms with E-state index < -0.39 is 0 Å². The van der Waals surface area contributed by atoms with Crippen LogP contribution < -0.4 is 4.90 Å². The summed E-state index contributed by atoms with van der Waals surface area (Å²) in [6.45, 7) is 3.34. The second-order valence-corrected chi connectivity index (χ2v) is 5.08. The van der Waals surface area contributed by atoms with Crippen molar-refractivity contribution in [2.45, 2.75) is 25.8 Å². The van der Waals surface area contributed by atoms with Crippen LogP contribution in [0.2, 0.25) is 0 Å². The highest BCUT2D eigenvalue weighted by molar-refractivity contribution is 6.17. The molecular weight excluding hydrogens is 284 g/mol. The van der Waals surface area contributed by atoms with Crippen LogP contribution in [0.25, 0.3) is 0 Å². The van der Waals surface area contributed by atoms with E-state index in [1.165, 1.54) is 0 Å². The maximum Gasteiger partial charge on any atom is 0.131 e. The molecule has 0 spiro atoms. The molecule has 21 heavy (non-hydrogen) atoms. The van der Waals surface area contributed by atoms with E-state index in [-0.39, 0.29) is 0 Å². The minimum Gasteiger partial charge on any atom is -0.351 e. The summed E-state index contributed by atoms with van der Waals surface area (Å²) in [5.41, 5.74) is 3.16.